The van der Waals surface area contributed by atoms with Gasteiger partial charge in [-0.1, -0.05) is 26.0 Å². The highest BCUT2D eigenvalue weighted by Crippen LogP contribution is 2.23. The molecular formula is C14H23ClN2O2S. The molecule has 0 aromatic heterocycles. The highest BCUT2D eigenvalue weighted by atomic mass is 35.5. The van der Waals surface area contributed by atoms with Crippen molar-refractivity contribution in [3.8, 4) is 0 Å². The first-order chi connectivity index (χ1) is 8.95. The molecule has 20 heavy (non-hydrogen) atoms. The van der Waals surface area contributed by atoms with E-state index in [1.54, 1.807) is 16.4 Å². The largest absolute Gasteiger partial charge is 0.316 e. The van der Waals surface area contributed by atoms with E-state index in [1.165, 1.54) is 0 Å². The summed E-state index contributed by atoms with van der Waals surface area (Å²) >= 11 is 0. The summed E-state index contributed by atoms with van der Waals surface area (Å²) in [6.45, 7) is 5.35. The van der Waals surface area contributed by atoms with Crippen molar-refractivity contribution in [2.45, 2.75) is 37.1 Å². The first kappa shape index (κ1) is 17.4. The van der Waals surface area contributed by atoms with Crippen molar-refractivity contribution in [1.29, 1.82) is 0 Å². The van der Waals surface area contributed by atoms with Gasteiger partial charge in [0.25, 0.3) is 0 Å². The molecule has 0 aliphatic carbocycles. The van der Waals surface area contributed by atoms with E-state index in [-0.39, 0.29) is 18.4 Å². The Balaban J connectivity index is 0.00000200. The molecule has 1 N–H and O–H groups in total. The summed E-state index contributed by atoms with van der Waals surface area (Å²) in [5, 5.41) is 3.14. The summed E-state index contributed by atoms with van der Waals surface area (Å²) in [6.07, 6.45) is 0.875. The van der Waals surface area contributed by atoms with Crippen molar-refractivity contribution >= 4 is 22.4 Å². The summed E-state index contributed by atoms with van der Waals surface area (Å²) in [5.74, 6) is 0.414. The summed E-state index contributed by atoms with van der Waals surface area (Å²) in [4.78, 5) is 0.397. The molecule has 1 aromatic rings. The lowest BCUT2D eigenvalue weighted by Gasteiger charge is -2.17. The summed E-state index contributed by atoms with van der Waals surface area (Å²) < 4.78 is 26.5. The molecule has 1 aromatic carbocycles. The Morgan fingerprint density at radius 1 is 1.25 bits per heavy atom. The van der Waals surface area contributed by atoms with Gasteiger partial charge in [0.15, 0.2) is 0 Å². The van der Waals surface area contributed by atoms with Crippen LogP contribution >= 0.6 is 12.4 Å². The number of nitrogens with zero attached hydrogens (tertiary/aromatic N) is 1. The number of halogens is 1. The van der Waals surface area contributed by atoms with E-state index in [9.17, 15) is 8.42 Å². The molecule has 1 aliphatic rings. The minimum atomic E-state index is -3.33. The van der Waals surface area contributed by atoms with Gasteiger partial charge >= 0.3 is 0 Å². The van der Waals surface area contributed by atoms with Crippen molar-refractivity contribution in [1.82, 2.24) is 9.62 Å². The Morgan fingerprint density at radius 3 is 2.30 bits per heavy atom. The lowest BCUT2D eigenvalue weighted by molar-refractivity contribution is 0.464. The molecule has 1 aliphatic heterocycles. The maximum absolute atomic E-state index is 12.5. The van der Waals surface area contributed by atoms with Gasteiger partial charge in [-0.05, 0) is 37.1 Å². The van der Waals surface area contributed by atoms with Crippen molar-refractivity contribution in [3.63, 3.8) is 0 Å². The van der Waals surface area contributed by atoms with E-state index in [4.69, 9.17) is 0 Å². The number of likely N-dealkylation sites (N-methyl/N-ethyl adjacent to an activating group) is 1. The van der Waals surface area contributed by atoms with Gasteiger partial charge in [0, 0.05) is 19.1 Å². The van der Waals surface area contributed by atoms with Gasteiger partial charge < -0.3 is 5.32 Å². The van der Waals surface area contributed by atoms with Crippen LogP contribution in [0.5, 0.6) is 0 Å². The van der Waals surface area contributed by atoms with Crippen LogP contribution in [-0.2, 0) is 10.0 Å². The van der Waals surface area contributed by atoms with Gasteiger partial charge in [-0.25, -0.2) is 8.42 Å². The van der Waals surface area contributed by atoms with Crippen LogP contribution in [0.2, 0.25) is 0 Å². The third kappa shape index (κ3) is 3.52. The van der Waals surface area contributed by atoms with E-state index in [2.05, 4.69) is 19.2 Å². The van der Waals surface area contributed by atoms with E-state index in [1.807, 2.05) is 19.2 Å². The molecule has 2 rings (SSSR count). The SMILES string of the molecule is CNC1CCN(S(=O)(=O)c2ccc(C(C)C)cc2)C1.Cl. The molecule has 114 valence electrons. The molecule has 4 nitrogen and oxygen atoms in total. The monoisotopic (exact) mass is 318 g/mol. The van der Waals surface area contributed by atoms with Crippen LogP contribution in [0.4, 0.5) is 0 Å². The average molecular weight is 319 g/mol. The molecule has 1 heterocycles. The fraction of sp³-hybridized carbons (Fsp3) is 0.571. The van der Waals surface area contributed by atoms with Gasteiger partial charge in [0.1, 0.15) is 0 Å². The highest BCUT2D eigenvalue weighted by Gasteiger charge is 2.31. The van der Waals surface area contributed by atoms with Gasteiger partial charge in [-0.15, -0.1) is 12.4 Å². The number of hydrogen-bond acceptors (Lipinski definition) is 3. The molecule has 1 unspecified atom stereocenters. The first-order valence-corrected chi connectivity index (χ1v) is 8.16. The molecule has 1 saturated heterocycles. The molecular weight excluding hydrogens is 296 g/mol. The molecule has 0 radical (unpaired) electrons. The maximum atomic E-state index is 12.5. The average Bonchev–Trinajstić information content (AvgIpc) is 2.88. The van der Waals surface area contributed by atoms with Crippen LogP contribution in [0.15, 0.2) is 29.2 Å². The number of sulfonamides is 1. The number of rotatable bonds is 4. The van der Waals surface area contributed by atoms with Crippen LogP contribution in [0.25, 0.3) is 0 Å². The summed E-state index contributed by atoms with van der Waals surface area (Å²) in [7, 11) is -1.46. The van der Waals surface area contributed by atoms with Crippen molar-refractivity contribution in [2.24, 2.45) is 0 Å². The third-order valence-electron chi connectivity index (χ3n) is 3.74. The van der Waals surface area contributed by atoms with Gasteiger partial charge in [-0.3, -0.25) is 0 Å². The number of benzene rings is 1. The topological polar surface area (TPSA) is 49.4 Å². The normalized spacial score (nSPS) is 20.1. The molecule has 0 saturated carbocycles. The first-order valence-electron chi connectivity index (χ1n) is 6.72. The fourth-order valence-corrected chi connectivity index (χ4v) is 3.86. The van der Waals surface area contributed by atoms with Crippen molar-refractivity contribution in [3.05, 3.63) is 29.8 Å². The molecule has 0 spiro atoms. The number of hydrogen-bond donors (Lipinski definition) is 1. The minimum Gasteiger partial charge on any atom is -0.316 e. The summed E-state index contributed by atoms with van der Waals surface area (Å²) in [6, 6.07) is 7.52. The lowest BCUT2D eigenvalue weighted by atomic mass is 10.0. The zero-order chi connectivity index (χ0) is 14.0. The van der Waals surface area contributed by atoms with E-state index >= 15 is 0 Å². The summed E-state index contributed by atoms with van der Waals surface area (Å²) in [5.41, 5.74) is 1.16. The Labute approximate surface area is 128 Å². The Bertz CT molecular complexity index is 529. The predicted molar refractivity (Wildman–Crippen MR) is 84.0 cm³/mol. The minimum absolute atomic E-state index is 0. The van der Waals surface area contributed by atoms with Crippen LogP contribution < -0.4 is 5.32 Å². The standard InChI is InChI=1S/C14H22N2O2S.ClH/c1-11(2)12-4-6-14(7-5-12)19(17,18)16-9-8-13(10-16)15-3;/h4-7,11,13,15H,8-10H2,1-3H3;1H. The fourth-order valence-electron chi connectivity index (χ4n) is 2.36. The van der Waals surface area contributed by atoms with Gasteiger partial charge in [-0.2, -0.15) is 4.31 Å². The van der Waals surface area contributed by atoms with Gasteiger partial charge in [0.2, 0.25) is 10.0 Å². The predicted octanol–water partition coefficient (Wildman–Crippen LogP) is 2.21. The van der Waals surface area contributed by atoms with Crippen LogP contribution in [-0.4, -0.2) is 38.9 Å². The molecule has 6 heteroatoms. The van der Waals surface area contributed by atoms with E-state index < -0.39 is 10.0 Å². The highest BCUT2D eigenvalue weighted by molar-refractivity contribution is 7.89. The van der Waals surface area contributed by atoms with Crippen molar-refractivity contribution < 1.29 is 8.42 Å². The van der Waals surface area contributed by atoms with E-state index in [0.717, 1.165) is 12.0 Å². The van der Waals surface area contributed by atoms with Crippen molar-refractivity contribution in [2.75, 3.05) is 20.1 Å². The Hall–Kier alpha value is -0.620. The quantitative estimate of drug-likeness (QED) is 0.926. The molecule has 0 amide bonds. The zero-order valence-corrected chi connectivity index (χ0v) is 13.8. The lowest BCUT2D eigenvalue weighted by Crippen LogP contribution is -2.33. The molecule has 0 bridgehead atoms. The Kier molecular flexibility index (Phi) is 6.01. The zero-order valence-electron chi connectivity index (χ0n) is 12.2. The molecule has 1 fully saturated rings. The molecule has 1 atom stereocenters. The second kappa shape index (κ2) is 6.89. The maximum Gasteiger partial charge on any atom is 0.243 e. The number of nitrogens with one attached hydrogen (secondary N) is 1. The smallest absolute Gasteiger partial charge is 0.243 e. The van der Waals surface area contributed by atoms with Crippen LogP contribution in [0.1, 0.15) is 31.7 Å². The van der Waals surface area contributed by atoms with Crippen LogP contribution in [0, 0.1) is 0 Å². The van der Waals surface area contributed by atoms with Gasteiger partial charge in [0.05, 0.1) is 4.90 Å². The Morgan fingerprint density at radius 2 is 1.85 bits per heavy atom. The second-order valence-corrected chi connectivity index (χ2v) is 7.30. The third-order valence-corrected chi connectivity index (χ3v) is 5.62. The van der Waals surface area contributed by atoms with E-state index in [0.29, 0.717) is 23.9 Å². The second-order valence-electron chi connectivity index (χ2n) is 5.36. The van der Waals surface area contributed by atoms with Crippen LogP contribution in [0.3, 0.4) is 0 Å².